The van der Waals surface area contributed by atoms with E-state index in [0.29, 0.717) is 25.2 Å². The second kappa shape index (κ2) is 8.20. The van der Waals surface area contributed by atoms with Crippen LogP contribution in [0.15, 0.2) is 48.5 Å². The Hall–Kier alpha value is -2.33. The molecule has 2 aromatic rings. The van der Waals surface area contributed by atoms with E-state index in [1.807, 2.05) is 36.4 Å². The predicted molar refractivity (Wildman–Crippen MR) is 84.0 cm³/mol. The normalized spacial score (nSPS) is 10.3. The Bertz CT molecular complexity index is 587. The van der Waals surface area contributed by atoms with Crippen LogP contribution in [0.25, 0.3) is 0 Å². The maximum atomic E-state index is 11.5. The van der Waals surface area contributed by atoms with E-state index >= 15 is 0 Å². The number of rotatable bonds is 7. The fourth-order valence-electron chi connectivity index (χ4n) is 2.00. The number of carbonyl (C=O) groups excluding carboxylic acids is 1. The van der Waals surface area contributed by atoms with Gasteiger partial charge in [-0.15, -0.1) is 0 Å². The van der Waals surface area contributed by atoms with E-state index in [2.05, 4.69) is 0 Å². The summed E-state index contributed by atoms with van der Waals surface area (Å²) in [7, 11) is 0. The molecule has 0 heterocycles. The number of carbonyl (C=O) groups is 1. The van der Waals surface area contributed by atoms with Crippen LogP contribution in [0.1, 0.15) is 28.4 Å². The Balaban J connectivity index is 1.89. The summed E-state index contributed by atoms with van der Waals surface area (Å²) >= 11 is 0. The van der Waals surface area contributed by atoms with Crippen molar-refractivity contribution >= 4 is 5.97 Å². The van der Waals surface area contributed by atoms with Crippen LogP contribution in [-0.2, 0) is 17.8 Å². The van der Waals surface area contributed by atoms with Gasteiger partial charge in [0.15, 0.2) is 0 Å². The number of benzene rings is 2. The lowest BCUT2D eigenvalue weighted by Gasteiger charge is -2.08. The number of aliphatic hydroxyl groups is 1. The Morgan fingerprint density at radius 1 is 1.00 bits per heavy atom. The van der Waals surface area contributed by atoms with Crippen LogP contribution >= 0.6 is 0 Å². The second-order valence-corrected chi connectivity index (χ2v) is 4.82. The van der Waals surface area contributed by atoms with Gasteiger partial charge >= 0.3 is 5.97 Å². The van der Waals surface area contributed by atoms with Gasteiger partial charge in [-0.05, 0) is 48.7 Å². The predicted octanol–water partition coefficient (Wildman–Crippen LogP) is 2.98. The molecule has 2 aromatic carbocycles. The van der Waals surface area contributed by atoms with Crippen LogP contribution in [0, 0.1) is 0 Å². The highest BCUT2D eigenvalue weighted by atomic mass is 16.5. The molecule has 0 bridgehead atoms. The van der Waals surface area contributed by atoms with E-state index in [9.17, 15) is 4.79 Å². The molecule has 0 saturated heterocycles. The zero-order valence-electron chi connectivity index (χ0n) is 12.6. The number of esters is 1. The smallest absolute Gasteiger partial charge is 0.338 e. The SMILES string of the molecule is CCOC(=O)c1ccc(COc2ccc(CCO)cc2)cc1. The van der Waals surface area contributed by atoms with Gasteiger partial charge < -0.3 is 14.6 Å². The summed E-state index contributed by atoms with van der Waals surface area (Å²) < 4.78 is 10.6. The number of hydrogen-bond acceptors (Lipinski definition) is 4. The Kier molecular flexibility index (Phi) is 5.98. The van der Waals surface area contributed by atoms with Gasteiger partial charge in [-0.25, -0.2) is 4.79 Å². The van der Waals surface area contributed by atoms with E-state index < -0.39 is 0 Å². The van der Waals surface area contributed by atoms with Crippen molar-refractivity contribution in [2.45, 2.75) is 20.0 Å². The van der Waals surface area contributed by atoms with Gasteiger partial charge in [-0.3, -0.25) is 0 Å². The maximum Gasteiger partial charge on any atom is 0.338 e. The summed E-state index contributed by atoms with van der Waals surface area (Å²) in [5, 5.41) is 8.87. The lowest BCUT2D eigenvalue weighted by molar-refractivity contribution is 0.0526. The highest BCUT2D eigenvalue weighted by Gasteiger charge is 2.05. The monoisotopic (exact) mass is 300 g/mol. The van der Waals surface area contributed by atoms with Gasteiger partial charge in [0.2, 0.25) is 0 Å². The van der Waals surface area contributed by atoms with Crippen LogP contribution in [0.2, 0.25) is 0 Å². The Morgan fingerprint density at radius 3 is 2.23 bits per heavy atom. The van der Waals surface area contributed by atoms with Gasteiger partial charge in [0, 0.05) is 6.61 Å². The zero-order chi connectivity index (χ0) is 15.8. The van der Waals surface area contributed by atoms with Crippen molar-refractivity contribution < 1.29 is 19.4 Å². The average Bonchev–Trinajstić information content (AvgIpc) is 2.55. The summed E-state index contributed by atoms with van der Waals surface area (Å²) in [6, 6.07) is 14.8. The lowest BCUT2D eigenvalue weighted by atomic mass is 10.1. The fourth-order valence-corrected chi connectivity index (χ4v) is 2.00. The van der Waals surface area contributed by atoms with E-state index in [1.54, 1.807) is 19.1 Å². The average molecular weight is 300 g/mol. The Morgan fingerprint density at radius 2 is 1.64 bits per heavy atom. The molecule has 0 aliphatic carbocycles. The quantitative estimate of drug-likeness (QED) is 0.799. The molecule has 4 nitrogen and oxygen atoms in total. The highest BCUT2D eigenvalue weighted by molar-refractivity contribution is 5.89. The first-order valence-corrected chi connectivity index (χ1v) is 7.31. The topological polar surface area (TPSA) is 55.8 Å². The third-order valence-corrected chi connectivity index (χ3v) is 3.19. The van der Waals surface area contributed by atoms with Crippen molar-refractivity contribution in [3.8, 4) is 5.75 Å². The molecule has 0 amide bonds. The molecule has 0 aliphatic heterocycles. The van der Waals surface area contributed by atoms with Gasteiger partial charge in [0.05, 0.1) is 12.2 Å². The first kappa shape index (κ1) is 16.0. The minimum atomic E-state index is -0.311. The summed E-state index contributed by atoms with van der Waals surface area (Å²) in [6.07, 6.45) is 0.648. The Labute approximate surface area is 130 Å². The first-order chi connectivity index (χ1) is 10.7. The standard InChI is InChI=1S/C18H20O4/c1-2-21-18(20)16-7-3-15(4-8-16)13-22-17-9-5-14(6-10-17)11-12-19/h3-10,19H,2,11-13H2,1H3. The largest absolute Gasteiger partial charge is 0.489 e. The minimum Gasteiger partial charge on any atom is -0.489 e. The molecule has 0 radical (unpaired) electrons. The number of aliphatic hydroxyl groups excluding tert-OH is 1. The molecule has 0 spiro atoms. The number of ether oxygens (including phenoxy) is 2. The fraction of sp³-hybridized carbons (Fsp3) is 0.278. The van der Waals surface area contributed by atoms with Crippen LogP contribution in [0.4, 0.5) is 0 Å². The molecule has 22 heavy (non-hydrogen) atoms. The molecule has 0 aliphatic rings. The van der Waals surface area contributed by atoms with Crippen LogP contribution in [0.3, 0.4) is 0 Å². The molecule has 4 heteroatoms. The van der Waals surface area contributed by atoms with Crippen molar-refractivity contribution in [3.05, 3.63) is 65.2 Å². The van der Waals surface area contributed by atoms with E-state index in [4.69, 9.17) is 14.6 Å². The van der Waals surface area contributed by atoms with Crippen LogP contribution in [0.5, 0.6) is 5.75 Å². The first-order valence-electron chi connectivity index (χ1n) is 7.31. The molecule has 1 N–H and O–H groups in total. The molecule has 0 aromatic heterocycles. The van der Waals surface area contributed by atoms with Gasteiger partial charge in [-0.1, -0.05) is 24.3 Å². The molecule has 2 rings (SSSR count). The summed E-state index contributed by atoms with van der Waals surface area (Å²) in [6.45, 7) is 2.73. The summed E-state index contributed by atoms with van der Waals surface area (Å²) in [5.41, 5.74) is 2.60. The second-order valence-electron chi connectivity index (χ2n) is 4.82. The molecular weight excluding hydrogens is 280 g/mol. The third-order valence-electron chi connectivity index (χ3n) is 3.19. The van der Waals surface area contributed by atoms with Crippen LogP contribution in [-0.4, -0.2) is 24.3 Å². The molecule has 116 valence electrons. The van der Waals surface area contributed by atoms with Crippen molar-refractivity contribution in [2.75, 3.05) is 13.2 Å². The maximum absolute atomic E-state index is 11.5. The van der Waals surface area contributed by atoms with E-state index in [-0.39, 0.29) is 12.6 Å². The lowest BCUT2D eigenvalue weighted by Crippen LogP contribution is -2.04. The van der Waals surface area contributed by atoms with E-state index in [0.717, 1.165) is 16.9 Å². The van der Waals surface area contributed by atoms with Crippen LogP contribution < -0.4 is 4.74 Å². The molecule has 0 saturated carbocycles. The summed E-state index contributed by atoms with van der Waals surface area (Å²) in [4.78, 5) is 11.5. The number of hydrogen-bond donors (Lipinski definition) is 1. The van der Waals surface area contributed by atoms with Gasteiger partial charge in [0.1, 0.15) is 12.4 Å². The van der Waals surface area contributed by atoms with Crippen molar-refractivity contribution in [1.82, 2.24) is 0 Å². The molecule has 0 atom stereocenters. The van der Waals surface area contributed by atoms with Gasteiger partial charge in [-0.2, -0.15) is 0 Å². The minimum absolute atomic E-state index is 0.146. The summed E-state index contributed by atoms with van der Waals surface area (Å²) in [5.74, 6) is 0.464. The highest BCUT2D eigenvalue weighted by Crippen LogP contribution is 2.15. The van der Waals surface area contributed by atoms with Gasteiger partial charge in [0.25, 0.3) is 0 Å². The molecular formula is C18H20O4. The van der Waals surface area contributed by atoms with Crippen molar-refractivity contribution in [2.24, 2.45) is 0 Å². The van der Waals surface area contributed by atoms with Crippen molar-refractivity contribution in [3.63, 3.8) is 0 Å². The zero-order valence-corrected chi connectivity index (χ0v) is 12.6. The third kappa shape index (κ3) is 4.60. The van der Waals surface area contributed by atoms with E-state index in [1.165, 1.54) is 0 Å². The molecule has 0 unspecified atom stereocenters. The van der Waals surface area contributed by atoms with Crippen molar-refractivity contribution in [1.29, 1.82) is 0 Å². The molecule has 0 fully saturated rings.